The first kappa shape index (κ1) is 19.5. The van der Waals surface area contributed by atoms with Crippen LogP contribution in [0.15, 0.2) is 47.4 Å². The Balaban J connectivity index is 1.81. The van der Waals surface area contributed by atoms with E-state index in [9.17, 15) is 10.1 Å². The lowest BCUT2D eigenvalue weighted by Crippen LogP contribution is -2.28. The number of hydrogen-bond donors (Lipinski definition) is 1. The van der Waals surface area contributed by atoms with Crippen LogP contribution in [-0.4, -0.2) is 25.1 Å². The van der Waals surface area contributed by atoms with Gasteiger partial charge in [-0.1, -0.05) is 24.6 Å². The third kappa shape index (κ3) is 3.20. The first-order chi connectivity index (χ1) is 15.1. The standard InChI is InChI=1S/C24H24N6O/c1-29-23-19(10-5-11-27-23)20-21(24(29)31)30(14-17-7-3-2-6-16(17)13-25)22(28-20)15-8-4-9-18(26)12-15/h2-3,5-7,10-11,15,18H,4,8-9,12,14,26H2,1H3/t15?,18-/m0/s1. The van der Waals surface area contributed by atoms with Crippen LogP contribution in [0.1, 0.15) is 48.6 Å². The fourth-order valence-corrected chi connectivity index (χ4v) is 4.85. The Bertz CT molecular complexity index is 1390. The van der Waals surface area contributed by atoms with Crippen LogP contribution in [0.2, 0.25) is 0 Å². The van der Waals surface area contributed by atoms with Crippen LogP contribution < -0.4 is 11.3 Å². The molecule has 0 aliphatic heterocycles. The number of nitrogens with two attached hydrogens (primary N) is 1. The zero-order valence-corrected chi connectivity index (χ0v) is 17.5. The van der Waals surface area contributed by atoms with E-state index in [2.05, 4.69) is 11.1 Å². The number of aromatic nitrogens is 4. The van der Waals surface area contributed by atoms with Gasteiger partial charge in [0.1, 0.15) is 22.5 Å². The van der Waals surface area contributed by atoms with Crippen molar-refractivity contribution < 1.29 is 0 Å². The Morgan fingerprint density at radius 2 is 2.06 bits per heavy atom. The third-order valence-electron chi connectivity index (χ3n) is 6.41. The van der Waals surface area contributed by atoms with Gasteiger partial charge in [-0.05, 0) is 43.0 Å². The molecule has 156 valence electrons. The van der Waals surface area contributed by atoms with Gasteiger partial charge in [0, 0.05) is 30.6 Å². The van der Waals surface area contributed by atoms with Crippen molar-refractivity contribution in [2.24, 2.45) is 12.8 Å². The summed E-state index contributed by atoms with van der Waals surface area (Å²) >= 11 is 0. The third-order valence-corrected chi connectivity index (χ3v) is 6.41. The van der Waals surface area contributed by atoms with Gasteiger partial charge in [0.2, 0.25) is 0 Å². The van der Waals surface area contributed by atoms with Crippen molar-refractivity contribution in [3.8, 4) is 6.07 Å². The molecule has 1 aliphatic carbocycles. The number of rotatable bonds is 3. The smallest absolute Gasteiger partial charge is 0.278 e. The summed E-state index contributed by atoms with van der Waals surface area (Å²) in [5, 5.41) is 10.4. The fourth-order valence-electron chi connectivity index (χ4n) is 4.85. The van der Waals surface area contributed by atoms with E-state index in [-0.39, 0.29) is 17.5 Å². The molecule has 7 heteroatoms. The number of benzene rings is 1. The quantitative estimate of drug-likeness (QED) is 0.557. The monoisotopic (exact) mass is 412 g/mol. The largest absolute Gasteiger partial charge is 0.328 e. The molecule has 31 heavy (non-hydrogen) atoms. The van der Waals surface area contributed by atoms with Crippen molar-refractivity contribution in [2.75, 3.05) is 0 Å². The maximum Gasteiger partial charge on any atom is 0.278 e. The predicted molar refractivity (Wildman–Crippen MR) is 120 cm³/mol. The first-order valence-electron chi connectivity index (χ1n) is 10.7. The molecule has 0 radical (unpaired) electrons. The Morgan fingerprint density at radius 1 is 1.23 bits per heavy atom. The lowest BCUT2D eigenvalue weighted by Gasteiger charge is -2.26. The Labute approximate surface area is 179 Å². The molecule has 7 nitrogen and oxygen atoms in total. The number of fused-ring (bicyclic) bond motifs is 3. The zero-order valence-electron chi connectivity index (χ0n) is 17.5. The Morgan fingerprint density at radius 3 is 2.87 bits per heavy atom. The van der Waals surface area contributed by atoms with Crippen molar-refractivity contribution >= 4 is 22.1 Å². The number of nitrogens with zero attached hydrogens (tertiary/aromatic N) is 5. The second-order valence-electron chi connectivity index (χ2n) is 8.38. The molecule has 2 N–H and O–H groups in total. The minimum atomic E-state index is -0.130. The molecule has 0 spiro atoms. The molecule has 5 rings (SSSR count). The van der Waals surface area contributed by atoms with Gasteiger partial charge < -0.3 is 10.3 Å². The van der Waals surface area contributed by atoms with Gasteiger partial charge in [0.25, 0.3) is 5.56 Å². The van der Waals surface area contributed by atoms with E-state index in [0.29, 0.717) is 28.8 Å². The van der Waals surface area contributed by atoms with Gasteiger partial charge in [-0.3, -0.25) is 9.36 Å². The molecule has 1 aliphatic rings. The summed E-state index contributed by atoms with van der Waals surface area (Å²) in [4.78, 5) is 22.9. The molecule has 0 saturated heterocycles. The average molecular weight is 412 g/mol. The summed E-state index contributed by atoms with van der Waals surface area (Å²) in [6.45, 7) is 0.419. The van der Waals surface area contributed by atoms with Crippen LogP contribution in [0.25, 0.3) is 22.1 Å². The van der Waals surface area contributed by atoms with E-state index in [1.807, 2.05) is 41.0 Å². The van der Waals surface area contributed by atoms with Gasteiger partial charge in [-0.15, -0.1) is 0 Å². The molecule has 1 fully saturated rings. The van der Waals surface area contributed by atoms with Gasteiger partial charge in [0.15, 0.2) is 0 Å². The Kier molecular flexibility index (Phi) is 4.79. The van der Waals surface area contributed by atoms with Crippen LogP contribution in [0.5, 0.6) is 0 Å². The van der Waals surface area contributed by atoms with Crippen molar-refractivity contribution in [3.63, 3.8) is 0 Å². The van der Waals surface area contributed by atoms with Crippen LogP contribution >= 0.6 is 0 Å². The Hall–Kier alpha value is -3.50. The summed E-state index contributed by atoms with van der Waals surface area (Å²) in [5.74, 6) is 1.06. The lowest BCUT2D eigenvalue weighted by atomic mass is 9.85. The maximum absolute atomic E-state index is 13.4. The number of hydrogen-bond acceptors (Lipinski definition) is 5. The highest BCUT2D eigenvalue weighted by atomic mass is 16.1. The molecule has 3 aromatic heterocycles. The van der Waals surface area contributed by atoms with Crippen LogP contribution in [0.4, 0.5) is 0 Å². The molecule has 1 unspecified atom stereocenters. The molecular formula is C24H24N6O. The molecule has 1 saturated carbocycles. The normalized spacial score (nSPS) is 19.0. The van der Waals surface area contributed by atoms with Gasteiger partial charge >= 0.3 is 0 Å². The average Bonchev–Trinajstić information content (AvgIpc) is 3.17. The van der Waals surface area contributed by atoms with Gasteiger partial charge in [-0.2, -0.15) is 5.26 Å². The molecular weight excluding hydrogens is 388 g/mol. The van der Waals surface area contributed by atoms with E-state index in [1.54, 1.807) is 17.8 Å². The minimum Gasteiger partial charge on any atom is -0.328 e. The number of nitriles is 1. The van der Waals surface area contributed by atoms with Crippen molar-refractivity contribution in [1.29, 1.82) is 5.26 Å². The summed E-state index contributed by atoms with van der Waals surface area (Å²) in [6, 6.07) is 13.8. The summed E-state index contributed by atoms with van der Waals surface area (Å²) in [7, 11) is 1.74. The molecule has 0 amide bonds. The van der Waals surface area contributed by atoms with E-state index in [4.69, 9.17) is 10.7 Å². The van der Waals surface area contributed by atoms with E-state index in [1.165, 1.54) is 0 Å². The van der Waals surface area contributed by atoms with Crippen LogP contribution in [0, 0.1) is 11.3 Å². The summed E-state index contributed by atoms with van der Waals surface area (Å²) in [5.41, 5.74) is 9.50. The summed E-state index contributed by atoms with van der Waals surface area (Å²) in [6.07, 6.45) is 5.59. The van der Waals surface area contributed by atoms with E-state index in [0.717, 1.165) is 42.5 Å². The van der Waals surface area contributed by atoms with Crippen LogP contribution in [-0.2, 0) is 13.6 Å². The zero-order chi connectivity index (χ0) is 21.5. The van der Waals surface area contributed by atoms with Gasteiger partial charge in [-0.25, -0.2) is 9.97 Å². The maximum atomic E-state index is 13.4. The molecule has 3 heterocycles. The van der Waals surface area contributed by atoms with Crippen molar-refractivity contribution in [3.05, 3.63) is 69.9 Å². The second kappa shape index (κ2) is 7.64. The predicted octanol–water partition coefficient (Wildman–Crippen LogP) is 3.19. The molecule has 1 aromatic carbocycles. The number of pyridine rings is 2. The first-order valence-corrected chi connectivity index (χ1v) is 10.7. The molecule has 4 aromatic rings. The van der Waals surface area contributed by atoms with E-state index < -0.39 is 0 Å². The highest BCUT2D eigenvalue weighted by Crippen LogP contribution is 2.34. The highest BCUT2D eigenvalue weighted by molar-refractivity contribution is 6.00. The lowest BCUT2D eigenvalue weighted by molar-refractivity contribution is 0.376. The van der Waals surface area contributed by atoms with Crippen molar-refractivity contribution in [1.82, 2.24) is 19.1 Å². The minimum absolute atomic E-state index is 0.130. The van der Waals surface area contributed by atoms with Crippen LogP contribution in [0.3, 0.4) is 0 Å². The number of aryl methyl sites for hydroxylation is 1. The number of imidazole rings is 1. The topological polar surface area (TPSA) is 103 Å². The van der Waals surface area contributed by atoms with E-state index >= 15 is 0 Å². The molecule has 2 atom stereocenters. The van der Waals surface area contributed by atoms with Gasteiger partial charge in [0.05, 0.1) is 18.2 Å². The molecule has 0 bridgehead atoms. The second-order valence-corrected chi connectivity index (χ2v) is 8.38. The fraction of sp³-hybridized carbons (Fsp3) is 0.333. The van der Waals surface area contributed by atoms with Crippen molar-refractivity contribution in [2.45, 2.75) is 44.2 Å². The highest BCUT2D eigenvalue weighted by Gasteiger charge is 2.28. The summed E-state index contributed by atoms with van der Waals surface area (Å²) < 4.78 is 3.60. The SMILES string of the molecule is Cn1c(=O)c2c(nc(C3CCC[C@H](N)C3)n2Cc2ccccc2C#N)c2cccnc21.